The molecule has 2 heteroatoms. The summed E-state index contributed by atoms with van der Waals surface area (Å²) < 4.78 is 2.96. The van der Waals surface area contributed by atoms with Crippen molar-refractivity contribution in [2.45, 2.75) is 12.8 Å². The van der Waals surface area contributed by atoms with Crippen LogP contribution in [0.25, 0.3) is 0 Å². The molecule has 0 radical (unpaired) electrons. The second kappa shape index (κ2) is 2.81. The highest BCUT2D eigenvalue weighted by atomic mass is 35.5. The highest BCUT2D eigenvalue weighted by molar-refractivity contribution is 6.98. The summed E-state index contributed by atoms with van der Waals surface area (Å²) in [5.41, 5.74) is 0. The molecule has 1 aliphatic carbocycles. The Labute approximate surface area is 57.1 Å². The first-order chi connectivity index (χ1) is 3.43. The Bertz CT molecular complexity index is 107. The van der Waals surface area contributed by atoms with Gasteiger partial charge in [-0.25, -0.2) is 4.05 Å². The first-order valence-corrected chi connectivity index (χ1v) is 5.32. The van der Waals surface area contributed by atoms with Crippen LogP contribution in [0.4, 0.5) is 0 Å². The van der Waals surface area contributed by atoms with Crippen molar-refractivity contribution >= 4 is 28.3 Å². The van der Waals surface area contributed by atoms with E-state index >= 15 is 0 Å². The van der Waals surface area contributed by atoms with E-state index in [1.807, 2.05) is 0 Å². The van der Waals surface area contributed by atoms with E-state index in [1.54, 1.807) is 0 Å². The van der Waals surface area contributed by atoms with E-state index in [1.165, 1.54) is 12.8 Å². The minimum absolute atomic E-state index is 0.478. The predicted molar refractivity (Wildman–Crippen MR) is 32.1 cm³/mol. The summed E-state index contributed by atoms with van der Waals surface area (Å²) in [5.74, 6) is 3.83. The summed E-state index contributed by atoms with van der Waals surface area (Å²) >= 11 is -0.478. The Morgan fingerprint density at radius 1 is 1.57 bits per heavy atom. The van der Waals surface area contributed by atoms with Gasteiger partial charge in [-0.1, -0.05) is 0 Å². The number of hydrogen-bond acceptors (Lipinski definition) is 0. The quantitative estimate of drug-likeness (QED) is 0.337. The van der Waals surface area contributed by atoms with Crippen LogP contribution in [0.3, 0.4) is 0 Å². The normalized spacial score (nSPS) is 16.7. The SMILES string of the molecule is [Cl][Mg][C]#CC1CC1. The molecule has 0 aliphatic heterocycles. The van der Waals surface area contributed by atoms with Crippen LogP contribution in [0.15, 0.2) is 0 Å². The van der Waals surface area contributed by atoms with E-state index in [0.717, 1.165) is 5.92 Å². The molecule has 34 valence electrons. The third-order valence-corrected chi connectivity index (χ3v) is 1.69. The maximum Gasteiger partial charge on any atom is 0.598 e. The molecule has 0 aromatic rings. The maximum atomic E-state index is 5.44. The second-order valence-corrected chi connectivity index (χ2v) is 3.15. The van der Waals surface area contributed by atoms with Gasteiger partial charge in [0.1, 0.15) is 0 Å². The summed E-state index contributed by atoms with van der Waals surface area (Å²) in [7, 11) is 5.44. The predicted octanol–water partition coefficient (Wildman–Crippen LogP) is 1.22. The van der Waals surface area contributed by atoms with Gasteiger partial charge < -0.3 is 9.07 Å². The molecule has 0 atom stereocenters. The molecule has 0 aromatic heterocycles. The first kappa shape index (κ1) is 5.75. The van der Waals surface area contributed by atoms with Gasteiger partial charge in [0.05, 0.1) is 0 Å². The lowest BCUT2D eigenvalue weighted by molar-refractivity contribution is 1.18. The smallest absolute Gasteiger partial charge is 0.316 e. The zero-order valence-corrected chi connectivity index (χ0v) is 6.25. The van der Waals surface area contributed by atoms with Crippen molar-refractivity contribution in [1.29, 1.82) is 0 Å². The van der Waals surface area contributed by atoms with Crippen molar-refractivity contribution in [2.75, 3.05) is 0 Å². The van der Waals surface area contributed by atoms with Gasteiger partial charge in [-0.2, -0.15) is 0 Å². The summed E-state index contributed by atoms with van der Waals surface area (Å²) in [6, 6.07) is 0. The van der Waals surface area contributed by atoms with Crippen LogP contribution in [0, 0.1) is 15.9 Å². The molecule has 0 N–H and O–H groups in total. The second-order valence-electron chi connectivity index (χ2n) is 1.73. The Hall–Kier alpha value is 0.616. The zero-order valence-electron chi connectivity index (χ0n) is 4.08. The van der Waals surface area contributed by atoms with Gasteiger partial charge >= 0.3 is 19.3 Å². The zero-order chi connectivity index (χ0) is 5.11. The van der Waals surface area contributed by atoms with Crippen molar-refractivity contribution < 1.29 is 0 Å². The molecule has 0 unspecified atom stereocenters. The fourth-order valence-corrected chi connectivity index (χ4v) is 1.01. The van der Waals surface area contributed by atoms with Crippen molar-refractivity contribution in [3.63, 3.8) is 0 Å². The van der Waals surface area contributed by atoms with Crippen molar-refractivity contribution in [1.82, 2.24) is 0 Å². The Kier molecular flexibility index (Phi) is 2.31. The van der Waals surface area contributed by atoms with Gasteiger partial charge in [0.2, 0.25) is 0 Å². The van der Waals surface area contributed by atoms with Gasteiger partial charge in [-0.3, -0.25) is 0 Å². The topological polar surface area (TPSA) is 0 Å². The standard InChI is InChI=1S/C5H5.ClH.Mg/c1-2-5-3-4-5;;/h5H,3-4H2;1H;/q;;+1/p-1. The number of halogens is 1. The van der Waals surface area contributed by atoms with Gasteiger partial charge in [-0.05, 0) is 12.8 Å². The molecule has 0 heterocycles. The molecule has 0 nitrogen and oxygen atoms in total. The molecule has 1 rings (SSSR count). The van der Waals surface area contributed by atoms with Crippen LogP contribution in [-0.4, -0.2) is 19.3 Å². The van der Waals surface area contributed by atoms with Gasteiger partial charge in [0.25, 0.3) is 0 Å². The summed E-state index contributed by atoms with van der Waals surface area (Å²) in [6.45, 7) is 0. The third kappa shape index (κ3) is 2.43. The van der Waals surface area contributed by atoms with Crippen LogP contribution in [-0.2, 0) is 0 Å². The number of rotatable bonds is 0. The van der Waals surface area contributed by atoms with E-state index in [2.05, 4.69) is 9.97 Å². The van der Waals surface area contributed by atoms with Crippen LogP contribution < -0.4 is 0 Å². The van der Waals surface area contributed by atoms with Crippen LogP contribution in [0.2, 0.25) is 0 Å². The monoisotopic (exact) mass is 124 g/mol. The van der Waals surface area contributed by atoms with Gasteiger partial charge in [-0.15, -0.1) is 5.92 Å². The van der Waals surface area contributed by atoms with E-state index < -0.39 is 19.3 Å². The maximum absolute atomic E-state index is 5.44. The molecule has 1 fully saturated rings. The average Bonchev–Trinajstić information content (AvgIpc) is 2.42. The van der Waals surface area contributed by atoms with Crippen molar-refractivity contribution in [3.05, 3.63) is 0 Å². The summed E-state index contributed by atoms with van der Waals surface area (Å²) in [4.78, 5) is 0. The number of hydrogen-bond donors (Lipinski definition) is 0. The lowest BCUT2D eigenvalue weighted by Gasteiger charge is -1.66. The minimum Gasteiger partial charge on any atom is -0.316 e. The molecule has 0 bridgehead atoms. The van der Waals surface area contributed by atoms with Crippen LogP contribution in [0.5, 0.6) is 0 Å². The Balaban J connectivity index is 2.16. The summed E-state index contributed by atoms with van der Waals surface area (Å²) in [5, 5.41) is 0. The molecule has 0 amide bonds. The summed E-state index contributed by atoms with van der Waals surface area (Å²) in [6.07, 6.45) is 2.64. The Morgan fingerprint density at radius 2 is 2.29 bits per heavy atom. The fourth-order valence-electron chi connectivity index (χ4n) is 0.411. The van der Waals surface area contributed by atoms with Gasteiger partial charge in [0, 0.05) is 5.92 Å². The Morgan fingerprint density at radius 3 is 2.71 bits per heavy atom. The third-order valence-electron chi connectivity index (χ3n) is 0.950. The molecule has 0 aromatic carbocycles. The highest BCUT2D eigenvalue weighted by Crippen LogP contribution is 2.27. The van der Waals surface area contributed by atoms with Gasteiger partial charge in [0.15, 0.2) is 0 Å². The van der Waals surface area contributed by atoms with E-state index in [-0.39, 0.29) is 0 Å². The fraction of sp³-hybridized carbons (Fsp3) is 0.600. The highest BCUT2D eigenvalue weighted by Gasteiger charge is 2.16. The lowest BCUT2D eigenvalue weighted by atomic mass is 10.5. The average molecular weight is 125 g/mol. The lowest BCUT2D eigenvalue weighted by Crippen LogP contribution is -1.67. The molecular formula is C5H5ClMg. The molecule has 1 saturated carbocycles. The van der Waals surface area contributed by atoms with E-state index in [9.17, 15) is 0 Å². The van der Waals surface area contributed by atoms with Crippen molar-refractivity contribution in [3.8, 4) is 9.97 Å². The molecule has 7 heavy (non-hydrogen) atoms. The van der Waals surface area contributed by atoms with Crippen molar-refractivity contribution in [2.24, 2.45) is 5.92 Å². The first-order valence-electron chi connectivity index (χ1n) is 2.48. The van der Waals surface area contributed by atoms with E-state index in [4.69, 9.17) is 9.07 Å². The molecule has 0 spiro atoms. The van der Waals surface area contributed by atoms with Crippen LogP contribution >= 0.6 is 9.07 Å². The van der Waals surface area contributed by atoms with Crippen LogP contribution in [0.1, 0.15) is 12.8 Å². The molecule has 1 aliphatic rings. The van der Waals surface area contributed by atoms with E-state index in [0.29, 0.717) is 0 Å². The minimum atomic E-state index is -0.478. The molecule has 0 saturated heterocycles. The molecular weight excluding hydrogens is 120 g/mol. The largest absolute Gasteiger partial charge is 0.598 e.